The van der Waals surface area contributed by atoms with E-state index in [1.807, 2.05) is 24.3 Å². The fourth-order valence-corrected chi connectivity index (χ4v) is 2.77. The molecule has 0 spiro atoms. The molecule has 3 nitrogen and oxygen atoms in total. The highest BCUT2D eigenvalue weighted by atomic mass is 35.5. The number of rotatable bonds is 5. The van der Waals surface area contributed by atoms with Gasteiger partial charge in [-0.25, -0.2) is 0 Å². The first-order valence-corrected chi connectivity index (χ1v) is 7.55. The summed E-state index contributed by atoms with van der Waals surface area (Å²) >= 11 is 6.16. The molecule has 2 aromatic rings. The van der Waals surface area contributed by atoms with Crippen LogP contribution in [0.15, 0.2) is 36.4 Å². The van der Waals surface area contributed by atoms with Gasteiger partial charge in [-0.05, 0) is 23.8 Å². The lowest BCUT2D eigenvalue weighted by molar-refractivity contribution is 0.0950. The second-order valence-electron chi connectivity index (χ2n) is 5.62. The number of aromatic hydroxyl groups is 1. The van der Waals surface area contributed by atoms with Crippen molar-refractivity contribution in [2.24, 2.45) is 5.92 Å². The summed E-state index contributed by atoms with van der Waals surface area (Å²) in [4.78, 5) is 12.2. The third-order valence-electron chi connectivity index (χ3n) is 3.36. The van der Waals surface area contributed by atoms with Gasteiger partial charge in [0, 0.05) is 11.9 Å². The predicted molar refractivity (Wildman–Crippen MR) is 87.0 cm³/mol. The fraction of sp³-hybridized carbons (Fsp3) is 0.353. The first-order valence-electron chi connectivity index (χ1n) is 7.12. The molecule has 1 amide bonds. The third kappa shape index (κ3) is 3.88. The number of carbonyl (C=O) groups is 1. The van der Waals surface area contributed by atoms with Crippen molar-refractivity contribution in [3.8, 4) is 5.75 Å². The molecule has 0 aliphatic carbocycles. The lowest BCUT2D eigenvalue weighted by atomic mass is 10.0. The van der Waals surface area contributed by atoms with E-state index in [-0.39, 0.29) is 22.6 Å². The van der Waals surface area contributed by atoms with Gasteiger partial charge in [0.15, 0.2) is 0 Å². The summed E-state index contributed by atoms with van der Waals surface area (Å²) in [7, 11) is 0. The van der Waals surface area contributed by atoms with E-state index in [9.17, 15) is 9.90 Å². The molecule has 0 heterocycles. The van der Waals surface area contributed by atoms with Gasteiger partial charge in [-0.15, -0.1) is 11.6 Å². The zero-order valence-electron chi connectivity index (χ0n) is 12.3. The maximum atomic E-state index is 12.2. The van der Waals surface area contributed by atoms with E-state index in [4.69, 9.17) is 11.6 Å². The number of phenolic OH excluding ortho intramolecular Hbond substituents is 1. The second-order valence-corrected chi connectivity index (χ2v) is 6.24. The highest BCUT2D eigenvalue weighted by Crippen LogP contribution is 2.28. The minimum Gasteiger partial charge on any atom is -0.506 e. The Labute approximate surface area is 129 Å². The van der Waals surface area contributed by atoms with E-state index < -0.39 is 0 Å². The Morgan fingerprint density at radius 1 is 1.24 bits per heavy atom. The molecule has 2 aromatic carbocycles. The molecule has 1 atom stereocenters. The van der Waals surface area contributed by atoms with Gasteiger partial charge in [0.2, 0.25) is 0 Å². The number of amides is 1. The Morgan fingerprint density at radius 2 is 1.95 bits per heavy atom. The van der Waals surface area contributed by atoms with Gasteiger partial charge in [0.05, 0.1) is 10.9 Å². The van der Waals surface area contributed by atoms with Crippen LogP contribution in [-0.4, -0.2) is 22.9 Å². The van der Waals surface area contributed by atoms with E-state index in [0.717, 1.165) is 11.8 Å². The standard InChI is InChI=1S/C17H20ClNO2/c1-11(2)9-13(18)10-19-17(21)15-8-7-12-5-3-4-6-14(12)16(15)20/h3-8,11,13,20H,9-10H2,1-2H3,(H,19,21). The van der Waals surface area contributed by atoms with Crippen molar-refractivity contribution in [3.63, 3.8) is 0 Å². The van der Waals surface area contributed by atoms with Gasteiger partial charge in [0.25, 0.3) is 5.91 Å². The van der Waals surface area contributed by atoms with Crippen LogP contribution in [-0.2, 0) is 0 Å². The van der Waals surface area contributed by atoms with E-state index in [1.165, 1.54) is 0 Å². The molecule has 2 rings (SSSR count). The first-order chi connectivity index (χ1) is 9.99. The minimum absolute atomic E-state index is 0.0144. The topological polar surface area (TPSA) is 49.3 Å². The van der Waals surface area contributed by atoms with E-state index >= 15 is 0 Å². The minimum atomic E-state index is -0.298. The Hall–Kier alpha value is -1.74. The Bertz CT molecular complexity index is 640. The average Bonchev–Trinajstić information content (AvgIpc) is 2.45. The lowest BCUT2D eigenvalue weighted by Crippen LogP contribution is -2.30. The number of benzene rings is 2. The number of phenols is 1. The number of fused-ring (bicyclic) bond motifs is 1. The Morgan fingerprint density at radius 3 is 2.67 bits per heavy atom. The molecule has 112 valence electrons. The number of hydrogen-bond donors (Lipinski definition) is 2. The molecule has 21 heavy (non-hydrogen) atoms. The van der Waals surface area contributed by atoms with Crippen LogP contribution in [0.5, 0.6) is 5.75 Å². The van der Waals surface area contributed by atoms with Crippen molar-refractivity contribution < 1.29 is 9.90 Å². The Balaban J connectivity index is 2.11. The molecule has 0 fully saturated rings. The van der Waals surface area contributed by atoms with Crippen molar-refractivity contribution in [3.05, 3.63) is 42.0 Å². The summed E-state index contributed by atoms with van der Waals surface area (Å²) in [6.45, 7) is 4.57. The fourth-order valence-electron chi connectivity index (χ4n) is 2.33. The van der Waals surface area contributed by atoms with Crippen LogP contribution in [0, 0.1) is 5.92 Å². The maximum Gasteiger partial charge on any atom is 0.255 e. The predicted octanol–water partition coefficient (Wildman–Crippen LogP) is 3.93. The van der Waals surface area contributed by atoms with Gasteiger partial charge in [-0.3, -0.25) is 4.79 Å². The van der Waals surface area contributed by atoms with E-state index in [1.54, 1.807) is 12.1 Å². The number of nitrogens with one attached hydrogen (secondary N) is 1. The molecular weight excluding hydrogens is 286 g/mol. The van der Waals surface area contributed by atoms with Crippen LogP contribution in [0.4, 0.5) is 0 Å². The zero-order valence-corrected chi connectivity index (χ0v) is 13.0. The van der Waals surface area contributed by atoms with E-state index in [0.29, 0.717) is 17.8 Å². The number of carbonyl (C=O) groups excluding carboxylic acids is 1. The van der Waals surface area contributed by atoms with Gasteiger partial charge in [0.1, 0.15) is 5.75 Å². The number of hydrogen-bond acceptors (Lipinski definition) is 2. The molecule has 0 aliphatic heterocycles. The van der Waals surface area contributed by atoms with Crippen molar-refractivity contribution >= 4 is 28.3 Å². The van der Waals surface area contributed by atoms with Crippen LogP contribution >= 0.6 is 11.6 Å². The van der Waals surface area contributed by atoms with Crippen LogP contribution in [0.25, 0.3) is 10.8 Å². The van der Waals surface area contributed by atoms with Crippen LogP contribution in [0.3, 0.4) is 0 Å². The molecule has 0 bridgehead atoms. The number of alkyl halides is 1. The zero-order chi connectivity index (χ0) is 15.4. The van der Waals surface area contributed by atoms with Crippen LogP contribution < -0.4 is 5.32 Å². The molecule has 0 radical (unpaired) electrons. The van der Waals surface area contributed by atoms with Crippen LogP contribution in [0.2, 0.25) is 0 Å². The molecular formula is C17H20ClNO2. The van der Waals surface area contributed by atoms with Gasteiger partial charge in [-0.1, -0.05) is 44.2 Å². The van der Waals surface area contributed by atoms with Crippen molar-refractivity contribution in [1.29, 1.82) is 0 Å². The molecule has 2 N–H and O–H groups in total. The average molecular weight is 306 g/mol. The van der Waals surface area contributed by atoms with Gasteiger partial charge in [-0.2, -0.15) is 0 Å². The Kier molecular flexibility index (Phi) is 5.07. The van der Waals surface area contributed by atoms with Gasteiger partial charge < -0.3 is 10.4 Å². The molecule has 0 aromatic heterocycles. The third-order valence-corrected chi connectivity index (χ3v) is 3.69. The summed E-state index contributed by atoms with van der Waals surface area (Å²) in [5, 5.41) is 14.5. The summed E-state index contributed by atoms with van der Waals surface area (Å²) in [6.07, 6.45) is 0.839. The highest BCUT2D eigenvalue weighted by Gasteiger charge is 2.15. The monoisotopic (exact) mass is 305 g/mol. The summed E-state index contributed by atoms with van der Waals surface area (Å²) in [5.74, 6) is 0.201. The maximum absolute atomic E-state index is 12.2. The highest BCUT2D eigenvalue weighted by molar-refractivity contribution is 6.21. The quantitative estimate of drug-likeness (QED) is 0.822. The summed E-state index contributed by atoms with van der Waals surface area (Å²) < 4.78 is 0. The lowest BCUT2D eigenvalue weighted by Gasteiger charge is -2.14. The normalized spacial score (nSPS) is 12.6. The first kappa shape index (κ1) is 15.6. The summed E-state index contributed by atoms with van der Waals surface area (Å²) in [6, 6.07) is 10.9. The number of halogens is 1. The summed E-state index contributed by atoms with van der Waals surface area (Å²) in [5.41, 5.74) is 0.280. The molecule has 0 saturated heterocycles. The molecule has 0 aliphatic rings. The largest absolute Gasteiger partial charge is 0.506 e. The molecule has 1 unspecified atom stereocenters. The second kappa shape index (κ2) is 6.81. The van der Waals surface area contributed by atoms with Crippen molar-refractivity contribution in [2.45, 2.75) is 25.6 Å². The van der Waals surface area contributed by atoms with E-state index in [2.05, 4.69) is 19.2 Å². The van der Waals surface area contributed by atoms with Crippen molar-refractivity contribution in [1.82, 2.24) is 5.32 Å². The molecule has 4 heteroatoms. The SMILES string of the molecule is CC(C)CC(Cl)CNC(=O)c1ccc2ccccc2c1O. The van der Waals surface area contributed by atoms with Gasteiger partial charge >= 0.3 is 0 Å². The van der Waals surface area contributed by atoms with Crippen LogP contribution in [0.1, 0.15) is 30.6 Å². The van der Waals surface area contributed by atoms with Crippen molar-refractivity contribution in [2.75, 3.05) is 6.54 Å². The molecule has 0 saturated carbocycles. The smallest absolute Gasteiger partial charge is 0.255 e.